The Morgan fingerprint density at radius 3 is 2.37 bits per heavy atom. The second-order valence-corrected chi connectivity index (χ2v) is 6.94. The Bertz CT molecular complexity index is 770. The number of amides is 1. The minimum absolute atomic E-state index is 0.168. The van der Waals surface area contributed by atoms with Gasteiger partial charge in [0.05, 0.1) is 6.42 Å². The van der Waals surface area contributed by atoms with Gasteiger partial charge in [0.15, 0.2) is 6.61 Å². The van der Waals surface area contributed by atoms with Gasteiger partial charge in [-0.2, -0.15) is 0 Å². The topological polar surface area (TPSA) is 46.6 Å². The van der Waals surface area contributed by atoms with Crippen LogP contribution in [0.15, 0.2) is 54.6 Å². The van der Waals surface area contributed by atoms with Gasteiger partial charge in [0.1, 0.15) is 5.82 Å². The number of nitrogens with zero attached hydrogens (tertiary/aromatic N) is 1. The molecule has 1 aliphatic rings. The Morgan fingerprint density at radius 2 is 1.67 bits per heavy atom. The molecule has 0 saturated carbocycles. The minimum atomic E-state index is -0.590. The van der Waals surface area contributed by atoms with E-state index in [1.54, 1.807) is 17.0 Å². The Labute approximate surface area is 158 Å². The molecule has 0 radical (unpaired) electrons. The summed E-state index contributed by atoms with van der Waals surface area (Å²) in [6.45, 7) is 1.08. The smallest absolute Gasteiger partial charge is 0.310 e. The molecule has 0 unspecified atom stereocenters. The maximum Gasteiger partial charge on any atom is 0.310 e. The fourth-order valence-corrected chi connectivity index (χ4v) is 3.42. The van der Waals surface area contributed by atoms with E-state index in [0.717, 1.165) is 19.3 Å². The summed E-state index contributed by atoms with van der Waals surface area (Å²) in [6.07, 6.45) is 2.76. The Hall–Kier alpha value is -2.69. The molecular formula is C22H24FNO3. The van der Waals surface area contributed by atoms with Crippen molar-refractivity contribution in [2.75, 3.05) is 19.7 Å². The summed E-state index contributed by atoms with van der Waals surface area (Å²) in [5.74, 6) is -0.649. The maximum atomic E-state index is 13.5. The van der Waals surface area contributed by atoms with Gasteiger partial charge >= 0.3 is 5.97 Å². The molecule has 0 aromatic heterocycles. The molecule has 0 N–H and O–H groups in total. The summed E-state index contributed by atoms with van der Waals surface area (Å²) in [5.41, 5.74) is 1.60. The van der Waals surface area contributed by atoms with Crippen LogP contribution in [0.2, 0.25) is 0 Å². The van der Waals surface area contributed by atoms with Gasteiger partial charge in [0.2, 0.25) is 0 Å². The molecule has 2 aromatic carbocycles. The lowest BCUT2D eigenvalue weighted by Gasteiger charge is -2.32. The first kappa shape index (κ1) is 19.1. The van der Waals surface area contributed by atoms with Crippen LogP contribution in [0, 0.1) is 11.7 Å². The summed E-state index contributed by atoms with van der Waals surface area (Å²) in [5, 5.41) is 0. The third-order valence-electron chi connectivity index (χ3n) is 4.98. The van der Waals surface area contributed by atoms with Crippen molar-refractivity contribution in [2.24, 2.45) is 5.92 Å². The maximum absolute atomic E-state index is 13.5. The lowest BCUT2D eigenvalue weighted by atomic mass is 9.90. The Balaban J connectivity index is 1.39. The van der Waals surface area contributed by atoms with E-state index < -0.39 is 11.8 Å². The van der Waals surface area contributed by atoms with Crippen LogP contribution in [0.4, 0.5) is 4.39 Å². The van der Waals surface area contributed by atoms with Gasteiger partial charge in [-0.1, -0.05) is 48.5 Å². The number of esters is 1. The zero-order valence-corrected chi connectivity index (χ0v) is 15.3. The van der Waals surface area contributed by atoms with Gasteiger partial charge in [-0.15, -0.1) is 0 Å². The zero-order valence-electron chi connectivity index (χ0n) is 15.3. The molecule has 2 aromatic rings. The van der Waals surface area contributed by atoms with Crippen molar-refractivity contribution in [1.29, 1.82) is 0 Å². The highest BCUT2D eigenvalue weighted by Gasteiger charge is 2.23. The number of hydrogen-bond donors (Lipinski definition) is 0. The third-order valence-corrected chi connectivity index (χ3v) is 4.98. The average molecular weight is 369 g/mol. The molecule has 1 amide bonds. The molecule has 0 aliphatic carbocycles. The summed E-state index contributed by atoms with van der Waals surface area (Å²) in [7, 11) is 0. The first-order chi connectivity index (χ1) is 13.1. The normalized spacial score (nSPS) is 14.8. The van der Waals surface area contributed by atoms with E-state index in [4.69, 9.17) is 4.74 Å². The second-order valence-electron chi connectivity index (χ2n) is 6.94. The number of halogens is 1. The number of ether oxygens (including phenoxy) is 1. The van der Waals surface area contributed by atoms with E-state index >= 15 is 0 Å². The van der Waals surface area contributed by atoms with Crippen LogP contribution >= 0.6 is 0 Å². The highest BCUT2D eigenvalue weighted by atomic mass is 19.1. The molecule has 4 nitrogen and oxygen atoms in total. The quantitative estimate of drug-likeness (QED) is 0.734. The van der Waals surface area contributed by atoms with E-state index in [1.807, 2.05) is 18.2 Å². The largest absolute Gasteiger partial charge is 0.455 e. The van der Waals surface area contributed by atoms with Crippen molar-refractivity contribution in [3.05, 3.63) is 71.5 Å². The Morgan fingerprint density at radius 1 is 1.00 bits per heavy atom. The van der Waals surface area contributed by atoms with Crippen molar-refractivity contribution in [1.82, 2.24) is 4.90 Å². The van der Waals surface area contributed by atoms with E-state index in [-0.39, 0.29) is 24.5 Å². The fourth-order valence-electron chi connectivity index (χ4n) is 3.42. The molecular weight excluding hydrogens is 345 g/mol. The molecule has 27 heavy (non-hydrogen) atoms. The predicted molar refractivity (Wildman–Crippen MR) is 101 cm³/mol. The molecule has 5 heteroatoms. The van der Waals surface area contributed by atoms with Gasteiger partial charge in [0, 0.05) is 13.1 Å². The van der Waals surface area contributed by atoms with Crippen LogP contribution < -0.4 is 0 Å². The standard InChI is InChI=1S/C22H24FNO3/c23-20-9-5-4-8-19(20)15-22(26)27-16-21(25)24-12-10-18(11-13-24)14-17-6-2-1-3-7-17/h1-9,18H,10-16H2. The van der Waals surface area contributed by atoms with Crippen LogP contribution in [0.3, 0.4) is 0 Å². The van der Waals surface area contributed by atoms with Gasteiger partial charge in [-0.25, -0.2) is 4.39 Å². The summed E-state index contributed by atoms with van der Waals surface area (Å²) >= 11 is 0. The molecule has 0 spiro atoms. The molecule has 1 aliphatic heterocycles. The average Bonchev–Trinajstić information content (AvgIpc) is 2.69. The van der Waals surface area contributed by atoms with E-state index in [9.17, 15) is 14.0 Å². The Kier molecular flexibility index (Phi) is 6.58. The number of hydrogen-bond acceptors (Lipinski definition) is 3. The number of likely N-dealkylation sites (tertiary alicyclic amines) is 1. The molecule has 1 saturated heterocycles. The van der Waals surface area contributed by atoms with E-state index in [1.165, 1.54) is 17.7 Å². The number of carbonyl (C=O) groups is 2. The number of rotatable bonds is 6. The number of benzene rings is 2. The molecule has 0 atom stereocenters. The van der Waals surface area contributed by atoms with Crippen LogP contribution in [0.25, 0.3) is 0 Å². The van der Waals surface area contributed by atoms with Gasteiger partial charge in [-0.05, 0) is 42.4 Å². The summed E-state index contributed by atoms with van der Waals surface area (Å²) in [4.78, 5) is 25.9. The second kappa shape index (κ2) is 9.31. The monoisotopic (exact) mass is 369 g/mol. The SMILES string of the molecule is O=C(Cc1ccccc1F)OCC(=O)N1CCC(Cc2ccccc2)CC1. The predicted octanol–water partition coefficient (Wildman–Crippen LogP) is 3.39. The third kappa shape index (κ3) is 5.64. The highest BCUT2D eigenvalue weighted by molar-refractivity contribution is 5.81. The molecule has 1 fully saturated rings. The van der Waals surface area contributed by atoms with Crippen LogP contribution in [-0.4, -0.2) is 36.5 Å². The minimum Gasteiger partial charge on any atom is -0.455 e. The fraction of sp³-hybridized carbons (Fsp3) is 0.364. The van der Waals surface area contributed by atoms with Gasteiger partial charge in [-0.3, -0.25) is 9.59 Å². The zero-order chi connectivity index (χ0) is 19.1. The molecule has 1 heterocycles. The number of carbonyl (C=O) groups excluding carboxylic acids is 2. The van der Waals surface area contributed by atoms with E-state index in [2.05, 4.69) is 12.1 Å². The molecule has 142 valence electrons. The highest BCUT2D eigenvalue weighted by Crippen LogP contribution is 2.21. The van der Waals surface area contributed by atoms with Crippen molar-refractivity contribution in [3.8, 4) is 0 Å². The van der Waals surface area contributed by atoms with Gasteiger partial charge < -0.3 is 9.64 Å². The summed E-state index contributed by atoms with van der Waals surface area (Å²) in [6, 6.07) is 16.4. The van der Waals surface area contributed by atoms with Crippen molar-refractivity contribution >= 4 is 11.9 Å². The van der Waals surface area contributed by atoms with E-state index in [0.29, 0.717) is 19.0 Å². The van der Waals surface area contributed by atoms with Crippen molar-refractivity contribution in [2.45, 2.75) is 25.7 Å². The molecule has 3 rings (SSSR count). The van der Waals surface area contributed by atoms with Crippen LogP contribution in [-0.2, 0) is 27.2 Å². The summed E-state index contributed by atoms with van der Waals surface area (Å²) < 4.78 is 18.6. The van der Waals surface area contributed by atoms with Crippen LogP contribution in [0.5, 0.6) is 0 Å². The first-order valence-corrected chi connectivity index (χ1v) is 9.32. The van der Waals surface area contributed by atoms with Crippen molar-refractivity contribution < 1.29 is 18.7 Å². The van der Waals surface area contributed by atoms with Crippen molar-refractivity contribution in [3.63, 3.8) is 0 Å². The first-order valence-electron chi connectivity index (χ1n) is 9.32. The van der Waals surface area contributed by atoms with Gasteiger partial charge in [0.25, 0.3) is 5.91 Å². The number of piperidine rings is 1. The van der Waals surface area contributed by atoms with Crippen LogP contribution in [0.1, 0.15) is 24.0 Å². The lowest BCUT2D eigenvalue weighted by molar-refractivity contribution is -0.152. The lowest BCUT2D eigenvalue weighted by Crippen LogP contribution is -2.41. The molecule has 0 bridgehead atoms.